The second kappa shape index (κ2) is 11.5. The van der Waals surface area contributed by atoms with Gasteiger partial charge in [-0.15, -0.1) is 13.2 Å². The van der Waals surface area contributed by atoms with E-state index in [9.17, 15) is 18.0 Å². The molecule has 0 saturated heterocycles. The zero-order valence-electron chi connectivity index (χ0n) is 21.9. The maximum absolute atomic E-state index is 12.4. The molecular weight excluding hydrogens is 539 g/mol. The Morgan fingerprint density at radius 3 is 2.24 bits per heavy atom. The lowest BCUT2D eigenvalue weighted by molar-refractivity contribution is -0.274. The number of ether oxygens (including phenoxy) is 2. The maximum atomic E-state index is 12.4. The normalized spacial score (nSPS) is 11.6. The molecule has 0 fully saturated rings. The molecule has 0 radical (unpaired) electrons. The molecule has 3 heterocycles. The molecule has 2 aromatic carbocycles. The Labute approximate surface area is 232 Å². The number of amides is 1. The molecule has 5 rings (SSSR count). The van der Waals surface area contributed by atoms with E-state index < -0.39 is 12.3 Å². The predicted molar refractivity (Wildman–Crippen MR) is 144 cm³/mol. The fourth-order valence-corrected chi connectivity index (χ4v) is 4.11. The van der Waals surface area contributed by atoms with E-state index in [4.69, 9.17) is 13.6 Å². The summed E-state index contributed by atoms with van der Waals surface area (Å²) in [6.45, 7) is 4.23. The van der Waals surface area contributed by atoms with Gasteiger partial charge in [0.1, 0.15) is 35.4 Å². The minimum atomic E-state index is -4.76. The number of hydrogen-bond donors (Lipinski definition) is 1. The third-order valence-corrected chi connectivity index (χ3v) is 5.99. The number of rotatable bonds is 9. The Hall–Kier alpha value is -5.19. The van der Waals surface area contributed by atoms with Crippen LogP contribution >= 0.6 is 0 Å². The molecule has 8 nitrogen and oxygen atoms in total. The molecule has 0 unspecified atom stereocenters. The summed E-state index contributed by atoms with van der Waals surface area (Å²) < 4.78 is 59.9. The molecule has 5 aromatic rings. The highest BCUT2D eigenvalue weighted by molar-refractivity contribution is 5.92. The summed E-state index contributed by atoms with van der Waals surface area (Å²) in [6, 6.07) is 23.4. The largest absolute Gasteiger partial charge is 0.573 e. The molecule has 210 valence electrons. The third kappa shape index (κ3) is 6.88. The van der Waals surface area contributed by atoms with Gasteiger partial charge in [-0.2, -0.15) is 5.10 Å². The number of halogens is 3. The summed E-state index contributed by atoms with van der Waals surface area (Å²) >= 11 is 0. The van der Waals surface area contributed by atoms with E-state index in [1.165, 1.54) is 36.5 Å². The summed E-state index contributed by atoms with van der Waals surface area (Å²) in [5.41, 5.74) is 6.21. The van der Waals surface area contributed by atoms with Gasteiger partial charge in [-0.3, -0.25) is 4.79 Å². The van der Waals surface area contributed by atoms with Crippen LogP contribution in [-0.4, -0.2) is 23.1 Å². The van der Waals surface area contributed by atoms with Crippen molar-refractivity contribution in [3.05, 3.63) is 114 Å². The molecule has 0 aliphatic heterocycles. The van der Waals surface area contributed by atoms with Crippen molar-refractivity contribution in [2.45, 2.75) is 26.8 Å². The van der Waals surface area contributed by atoms with Crippen molar-refractivity contribution in [1.29, 1.82) is 0 Å². The molecule has 0 spiro atoms. The topological polar surface area (TPSA) is 91.1 Å². The first-order chi connectivity index (χ1) is 19.6. The van der Waals surface area contributed by atoms with Gasteiger partial charge in [-0.1, -0.05) is 0 Å². The third-order valence-electron chi connectivity index (χ3n) is 5.99. The van der Waals surface area contributed by atoms with Crippen LogP contribution in [0.25, 0.3) is 17.0 Å². The van der Waals surface area contributed by atoms with Gasteiger partial charge in [0.05, 0.1) is 6.21 Å². The van der Waals surface area contributed by atoms with Crippen LogP contribution in [0.5, 0.6) is 11.5 Å². The fourth-order valence-electron chi connectivity index (χ4n) is 4.11. The summed E-state index contributed by atoms with van der Waals surface area (Å²) in [5.74, 6) is 0.984. The number of carbonyl (C=O) groups is 1. The number of carbonyl (C=O) groups excluding carboxylic acids is 1. The van der Waals surface area contributed by atoms with Crippen molar-refractivity contribution in [3.8, 4) is 28.5 Å². The molecule has 0 atom stereocenters. The van der Waals surface area contributed by atoms with E-state index in [0.717, 1.165) is 17.1 Å². The highest BCUT2D eigenvalue weighted by atomic mass is 19.4. The number of alkyl halides is 3. The van der Waals surface area contributed by atoms with Crippen LogP contribution in [0.15, 0.2) is 98.9 Å². The number of hydrogen-bond acceptors (Lipinski definition) is 6. The van der Waals surface area contributed by atoms with Crippen molar-refractivity contribution < 1.29 is 36.3 Å². The van der Waals surface area contributed by atoms with E-state index in [2.05, 4.69) is 32.0 Å². The highest BCUT2D eigenvalue weighted by Gasteiger charge is 2.31. The Kier molecular flexibility index (Phi) is 7.68. The summed E-state index contributed by atoms with van der Waals surface area (Å²) in [4.78, 5) is 12.4. The molecule has 11 heteroatoms. The van der Waals surface area contributed by atoms with Gasteiger partial charge in [0, 0.05) is 22.6 Å². The lowest BCUT2D eigenvalue weighted by atomic mass is 10.2. The number of nitrogens with one attached hydrogen (secondary N) is 1. The van der Waals surface area contributed by atoms with Gasteiger partial charge < -0.3 is 22.9 Å². The van der Waals surface area contributed by atoms with Gasteiger partial charge in [-0.25, -0.2) is 5.43 Å². The maximum Gasteiger partial charge on any atom is 0.573 e. The second-order valence-corrected chi connectivity index (χ2v) is 8.97. The van der Waals surface area contributed by atoms with Crippen molar-refractivity contribution in [2.24, 2.45) is 5.10 Å². The standard InChI is InChI=1S/C30H24F3N3O5/c1-19-3-4-20(2)36(19)22-7-11-23(12-8-22)38-18-26-14-16-28(40-26)29(37)35-34-17-25-13-15-27(39-25)21-5-9-24(10-6-21)41-30(31,32)33/h3-17H,18H2,1-2H3,(H,35,37)/b34-17+. The first-order valence-corrected chi connectivity index (χ1v) is 12.4. The van der Waals surface area contributed by atoms with Crippen LogP contribution < -0.4 is 14.9 Å². The lowest BCUT2D eigenvalue weighted by Gasteiger charge is -2.10. The van der Waals surface area contributed by atoms with Gasteiger partial charge in [0.25, 0.3) is 0 Å². The zero-order valence-corrected chi connectivity index (χ0v) is 21.9. The van der Waals surface area contributed by atoms with E-state index in [-0.39, 0.29) is 18.1 Å². The van der Waals surface area contributed by atoms with E-state index in [1.54, 1.807) is 18.2 Å². The Balaban J connectivity index is 1.11. The molecule has 0 aliphatic carbocycles. The van der Waals surface area contributed by atoms with Crippen molar-refractivity contribution in [2.75, 3.05) is 0 Å². The van der Waals surface area contributed by atoms with Crippen molar-refractivity contribution >= 4 is 12.1 Å². The van der Waals surface area contributed by atoms with Crippen LogP contribution in [-0.2, 0) is 6.61 Å². The fraction of sp³-hybridized carbons (Fsp3) is 0.133. The lowest BCUT2D eigenvalue weighted by Crippen LogP contribution is -2.16. The van der Waals surface area contributed by atoms with E-state index in [0.29, 0.717) is 28.6 Å². The Morgan fingerprint density at radius 2 is 1.56 bits per heavy atom. The van der Waals surface area contributed by atoms with Gasteiger partial charge in [0.15, 0.2) is 5.76 Å². The minimum Gasteiger partial charge on any atom is -0.486 e. The number of furan rings is 2. The first kappa shape index (κ1) is 27.4. The quantitative estimate of drug-likeness (QED) is 0.151. The monoisotopic (exact) mass is 563 g/mol. The van der Waals surface area contributed by atoms with E-state index in [1.807, 2.05) is 38.1 Å². The van der Waals surface area contributed by atoms with Gasteiger partial charge in [0.2, 0.25) is 0 Å². The number of hydrazone groups is 1. The molecule has 41 heavy (non-hydrogen) atoms. The molecule has 1 amide bonds. The van der Waals surface area contributed by atoms with Crippen LogP contribution in [0.3, 0.4) is 0 Å². The van der Waals surface area contributed by atoms with Crippen molar-refractivity contribution in [1.82, 2.24) is 9.99 Å². The average molecular weight is 564 g/mol. The van der Waals surface area contributed by atoms with Crippen LogP contribution in [0, 0.1) is 13.8 Å². The summed E-state index contributed by atoms with van der Waals surface area (Å²) in [5, 5.41) is 3.87. The number of benzene rings is 2. The van der Waals surface area contributed by atoms with E-state index >= 15 is 0 Å². The van der Waals surface area contributed by atoms with Crippen LogP contribution in [0.1, 0.15) is 33.5 Å². The zero-order chi connectivity index (χ0) is 29.0. The first-order valence-electron chi connectivity index (χ1n) is 12.4. The average Bonchev–Trinajstić information content (AvgIpc) is 3.68. The molecule has 1 N–H and O–H groups in total. The molecule has 0 aliphatic rings. The van der Waals surface area contributed by atoms with Crippen LogP contribution in [0.2, 0.25) is 0 Å². The molecule has 0 bridgehead atoms. The number of aromatic nitrogens is 1. The summed E-state index contributed by atoms with van der Waals surface area (Å²) in [7, 11) is 0. The summed E-state index contributed by atoms with van der Waals surface area (Å²) in [6.07, 6.45) is -3.48. The predicted octanol–water partition coefficient (Wildman–Crippen LogP) is 7.19. The molecular formula is C30H24F3N3O5. The van der Waals surface area contributed by atoms with Gasteiger partial charge >= 0.3 is 12.3 Å². The van der Waals surface area contributed by atoms with Crippen LogP contribution in [0.4, 0.5) is 13.2 Å². The van der Waals surface area contributed by atoms with Crippen molar-refractivity contribution in [3.63, 3.8) is 0 Å². The number of nitrogens with zero attached hydrogens (tertiary/aromatic N) is 2. The van der Waals surface area contributed by atoms with Gasteiger partial charge in [-0.05, 0) is 98.8 Å². The Bertz CT molecular complexity index is 1640. The smallest absolute Gasteiger partial charge is 0.486 e. The minimum absolute atomic E-state index is 0.0518. The molecule has 3 aromatic heterocycles. The highest BCUT2D eigenvalue weighted by Crippen LogP contribution is 2.27. The second-order valence-electron chi connectivity index (χ2n) is 8.97. The number of aryl methyl sites for hydroxylation is 2. The molecule has 0 saturated carbocycles. The SMILES string of the molecule is Cc1ccc(C)n1-c1ccc(OCc2ccc(C(=O)N/N=C/c3ccc(-c4ccc(OC(F)(F)F)cc4)o3)o2)cc1. The Morgan fingerprint density at radius 1 is 0.878 bits per heavy atom.